The fourth-order valence-corrected chi connectivity index (χ4v) is 1.39. The van der Waals surface area contributed by atoms with Crippen LogP contribution < -0.4 is 0 Å². The highest BCUT2D eigenvalue weighted by Crippen LogP contribution is 2.26. The Morgan fingerprint density at radius 1 is 1.69 bits per heavy atom. The van der Waals surface area contributed by atoms with Crippen LogP contribution in [0.25, 0.3) is 0 Å². The number of aromatic nitrogens is 1. The Morgan fingerprint density at radius 3 is 2.69 bits per heavy atom. The number of alkyl halides is 3. The van der Waals surface area contributed by atoms with Gasteiger partial charge >= 0.3 is 5.97 Å². The van der Waals surface area contributed by atoms with Crippen molar-refractivity contribution in [3.8, 4) is 6.07 Å². The zero-order valence-corrected chi connectivity index (χ0v) is 8.50. The first-order valence-corrected chi connectivity index (χ1v) is 4.55. The third kappa shape index (κ3) is 2.09. The lowest BCUT2D eigenvalue weighted by Crippen LogP contribution is -2.10. The van der Waals surface area contributed by atoms with E-state index < -0.39 is 29.1 Å². The molecule has 0 saturated heterocycles. The zero-order chi connectivity index (χ0) is 12.3. The number of carboxylic acid groups (broad SMARTS) is 1. The van der Waals surface area contributed by atoms with Crippen molar-refractivity contribution in [2.24, 2.45) is 0 Å². The number of rotatable bonds is 3. The SMILES string of the molecule is N#Cc1c(C(F)F)cnc(CCl)c1C(=O)O. The number of hydrogen-bond acceptors (Lipinski definition) is 3. The van der Waals surface area contributed by atoms with Gasteiger partial charge in [0.1, 0.15) is 11.6 Å². The molecule has 0 aromatic carbocycles. The number of pyridine rings is 1. The predicted molar refractivity (Wildman–Crippen MR) is 50.4 cm³/mol. The van der Waals surface area contributed by atoms with E-state index in [1.54, 1.807) is 0 Å². The molecule has 1 aromatic rings. The molecule has 1 N–H and O–H groups in total. The van der Waals surface area contributed by atoms with Gasteiger partial charge in [-0.15, -0.1) is 11.6 Å². The molecule has 0 saturated carbocycles. The lowest BCUT2D eigenvalue weighted by atomic mass is 10.0. The van der Waals surface area contributed by atoms with E-state index in [0.717, 1.165) is 6.20 Å². The minimum absolute atomic E-state index is 0.102. The van der Waals surface area contributed by atoms with Crippen LogP contribution in [0.4, 0.5) is 8.78 Å². The van der Waals surface area contributed by atoms with Gasteiger partial charge < -0.3 is 5.11 Å². The topological polar surface area (TPSA) is 74.0 Å². The molecule has 16 heavy (non-hydrogen) atoms. The molecule has 0 radical (unpaired) electrons. The summed E-state index contributed by atoms with van der Waals surface area (Å²) in [7, 11) is 0. The van der Waals surface area contributed by atoms with Gasteiger partial charge in [-0.2, -0.15) is 5.26 Å². The fraction of sp³-hybridized carbons (Fsp3) is 0.222. The predicted octanol–water partition coefficient (Wildman–Crippen LogP) is 2.33. The molecule has 0 unspecified atom stereocenters. The highest BCUT2D eigenvalue weighted by Gasteiger charge is 2.23. The Morgan fingerprint density at radius 2 is 2.31 bits per heavy atom. The smallest absolute Gasteiger partial charge is 0.338 e. The van der Waals surface area contributed by atoms with Gasteiger partial charge in [0.15, 0.2) is 0 Å². The van der Waals surface area contributed by atoms with Gasteiger partial charge in [-0.05, 0) is 0 Å². The summed E-state index contributed by atoms with van der Waals surface area (Å²) in [6, 6.07) is 1.44. The highest BCUT2D eigenvalue weighted by atomic mass is 35.5. The lowest BCUT2D eigenvalue weighted by molar-refractivity contribution is 0.0694. The van der Waals surface area contributed by atoms with Crippen LogP contribution in [-0.4, -0.2) is 16.1 Å². The van der Waals surface area contributed by atoms with Crippen LogP contribution >= 0.6 is 11.6 Å². The van der Waals surface area contributed by atoms with Crippen LogP contribution in [0.3, 0.4) is 0 Å². The molecule has 0 aliphatic heterocycles. The van der Waals surface area contributed by atoms with Crippen molar-refractivity contribution in [3.05, 3.63) is 28.6 Å². The normalized spacial score (nSPS) is 10.2. The van der Waals surface area contributed by atoms with Gasteiger partial charge in [0.2, 0.25) is 0 Å². The van der Waals surface area contributed by atoms with Crippen molar-refractivity contribution >= 4 is 17.6 Å². The van der Waals surface area contributed by atoms with Crippen LogP contribution in [0.1, 0.15) is 33.6 Å². The van der Waals surface area contributed by atoms with Crippen molar-refractivity contribution in [1.29, 1.82) is 5.26 Å². The van der Waals surface area contributed by atoms with Gasteiger partial charge in [0, 0.05) is 6.20 Å². The highest BCUT2D eigenvalue weighted by molar-refractivity contribution is 6.17. The number of nitriles is 1. The summed E-state index contributed by atoms with van der Waals surface area (Å²) in [6.45, 7) is 0. The maximum Gasteiger partial charge on any atom is 0.338 e. The van der Waals surface area contributed by atoms with E-state index in [0.29, 0.717) is 0 Å². The largest absolute Gasteiger partial charge is 0.478 e. The summed E-state index contributed by atoms with van der Waals surface area (Å²) >= 11 is 5.41. The monoisotopic (exact) mass is 246 g/mol. The number of carbonyl (C=O) groups is 1. The molecule has 0 atom stereocenters. The van der Waals surface area contributed by atoms with E-state index >= 15 is 0 Å². The molecule has 0 bridgehead atoms. The van der Waals surface area contributed by atoms with E-state index in [2.05, 4.69) is 4.98 Å². The average Bonchev–Trinajstić information content (AvgIpc) is 2.26. The Hall–Kier alpha value is -1.74. The molecule has 1 heterocycles. The van der Waals surface area contributed by atoms with Gasteiger partial charge in [-0.25, -0.2) is 13.6 Å². The van der Waals surface area contributed by atoms with E-state index in [1.807, 2.05) is 0 Å². The van der Waals surface area contributed by atoms with E-state index in [4.69, 9.17) is 22.0 Å². The van der Waals surface area contributed by atoms with E-state index in [-0.39, 0.29) is 11.6 Å². The summed E-state index contributed by atoms with van der Waals surface area (Å²) in [5, 5.41) is 17.5. The van der Waals surface area contributed by atoms with Crippen LogP contribution in [0.2, 0.25) is 0 Å². The number of aromatic carboxylic acids is 1. The summed E-state index contributed by atoms with van der Waals surface area (Å²) in [5.74, 6) is -1.76. The van der Waals surface area contributed by atoms with E-state index in [1.165, 1.54) is 6.07 Å². The van der Waals surface area contributed by atoms with Crippen molar-refractivity contribution in [3.63, 3.8) is 0 Å². The average molecular weight is 247 g/mol. The lowest BCUT2D eigenvalue weighted by Gasteiger charge is -2.08. The third-order valence-corrected chi connectivity index (χ3v) is 2.13. The summed E-state index contributed by atoms with van der Waals surface area (Å²) in [5.41, 5.74) is -1.95. The van der Waals surface area contributed by atoms with Crippen molar-refractivity contribution in [2.45, 2.75) is 12.3 Å². The van der Waals surface area contributed by atoms with Gasteiger partial charge in [-0.1, -0.05) is 0 Å². The second-order valence-corrected chi connectivity index (χ2v) is 3.03. The minimum Gasteiger partial charge on any atom is -0.478 e. The number of halogens is 3. The molecule has 0 fully saturated rings. The molecule has 4 nitrogen and oxygen atoms in total. The van der Waals surface area contributed by atoms with Crippen LogP contribution in [0, 0.1) is 11.3 Å². The number of nitrogens with zero attached hydrogens (tertiary/aromatic N) is 2. The number of carboxylic acids is 1. The van der Waals surface area contributed by atoms with Crippen molar-refractivity contribution in [2.75, 3.05) is 0 Å². The molecule has 0 amide bonds. The molecule has 84 valence electrons. The zero-order valence-electron chi connectivity index (χ0n) is 7.75. The first kappa shape index (κ1) is 12.3. The summed E-state index contributed by atoms with van der Waals surface area (Å²) in [4.78, 5) is 14.3. The maximum atomic E-state index is 12.5. The molecular formula is C9H5ClF2N2O2. The Kier molecular flexibility index (Phi) is 3.74. The fourth-order valence-electron chi connectivity index (χ4n) is 1.18. The summed E-state index contributed by atoms with van der Waals surface area (Å²) < 4.78 is 25.0. The van der Waals surface area contributed by atoms with Crippen LogP contribution in [0.5, 0.6) is 0 Å². The van der Waals surface area contributed by atoms with Crippen molar-refractivity contribution in [1.82, 2.24) is 4.98 Å². The molecular weight excluding hydrogens is 242 g/mol. The van der Waals surface area contributed by atoms with E-state index in [9.17, 15) is 13.6 Å². The second-order valence-electron chi connectivity index (χ2n) is 2.76. The van der Waals surface area contributed by atoms with Gasteiger partial charge in [0.25, 0.3) is 6.43 Å². The first-order chi connectivity index (χ1) is 7.52. The molecule has 0 aliphatic carbocycles. The number of hydrogen-bond donors (Lipinski definition) is 1. The van der Waals surface area contributed by atoms with Gasteiger partial charge in [-0.3, -0.25) is 4.98 Å². The minimum atomic E-state index is -2.95. The van der Waals surface area contributed by atoms with Gasteiger partial charge in [0.05, 0.1) is 22.7 Å². The molecule has 1 aromatic heterocycles. The first-order valence-electron chi connectivity index (χ1n) is 4.02. The van der Waals surface area contributed by atoms with Crippen molar-refractivity contribution < 1.29 is 18.7 Å². The molecule has 0 aliphatic rings. The summed E-state index contributed by atoms with van der Waals surface area (Å²) in [6.07, 6.45) is -2.18. The molecule has 0 spiro atoms. The quantitative estimate of drug-likeness (QED) is 0.831. The van der Waals surface area contributed by atoms with Crippen LogP contribution in [-0.2, 0) is 5.88 Å². The molecule has 1 rings (SSSR count). The maximum absolute atomic E-state index is 12.5. The van der Waals surface area contributed by atoms with Crippen LogP contribution in [0.15, 0.2) is 6.20 Å². The standard InChI is InChI=1S/C9H5ClF2N2O2/c10-1-6-7(9(15)16)4(2-13)5(3-14-6)8(11)12/h3,8H,1H2,(H,15,16). The molecule has 7 heteroatoms. The Labute approximate surface area is 94.1 Å². The Balaban J connectivity index is 3.58. The third-order valence-electron chi connectivity index (χ3n) is 1.87. The Bertz CT molecular complexity index is 471. The second kappa shape index (κ2) is 4.86.